The second-order valence-electron chi connectivity index (χ2n) is 9.23. The maximum atomic E-state index is 14.2. The maximum Gasteiger partial charge on any atom is 0.168 e. The number of nitriles is 1. The lowest BCUT2D eigenvalue weighted by Gasteiger charge is -2.37. The number of Topliss-reactive ketones (excluding diaryl/α,β-unsaturated/α-hetero) is 1. The number of pyridine rings is 2. The van der Waals surface area contributed by atoms with Crippen LogP contribution >= 0.6 is 0 Å². The molecule has 0 N–H and O–H groups in total. The van der Waals surface area contributed by atoms with Crippen molar-refractivity contribution in [2.45, 2.75) is 45.7 Å². The molecule has 7 heteroatoms. The van der Waals surface area contributed by atoms with Crippen molar-refractivity contribution in [1.82, 2.24) is 14.5 Å². The van der Waals surface area contributed by atoms with Crippen LogP contribution in [0.15, 0.2) is 49.1 Å². The number of rotatable bonds is 6. The van der Waals surface area contributed by atoms with E-state index in [1.54, 1.807) is 55.2 Å². The predicted octanol–water partition coefficient (Wildman–Crippen LogP) is 4.84. The number of halogens is 1. The van der Waals surface area contributed by atoms with Crippen LogP contribution in [0.1, 0.15) is 53.7 Å². The van der Waals surface area contributed by atoms with Crippen LogP contribution in [-0.2, 0) is 6.42 Å². The SMILES string of the molecule is Cc1cc(CC(=O)c2ccn(-c3ccc(C#N)cn3)c2)cnc1N1CCC(C(C)(C)F)CC1. The number of aryl methyl sites for hydroxylation is 1. The zero-order chi connectivity index (χ0) is 23.6. The molecule has 0 atom stereocenters. The van der Waals surface area contributed by atoms with Crippen molar-refractivity contribution >= 4 is 11.6 Å². The molecular formula is C26H28FN5O. The number of carbonyl (C=O) groups excluding carboxylic acids is 1. The minimum atomic E-state index is -1.14. The highest BCUT2D eigenvalue weighted by molar-refractivity contribution is 5.97. The molecule has 0 bridgehead atoms. The Bertz CT molecular complexity index is 1180. The Morgan fingerprint density at radius 3 is 2.58 bits per heavy atom. The molecule has 0 saturated carbocycles. The molecule has 0 unspecified atom stereocenters. The lowest BCUT2D eigenvalue weighted by Crippen LogP contribution is -2.40. The number of alkyl halides is 1. The van der Waals surface area contributed by atoms with E-state index < -0.39 is 5.67 Å². The Labute approximate surface area is 193 Å². The number of hydrogen-bond acceptors (Lipinski definition) is 5. The molecule has 3 aromatic rings. The van der Waals surface area contributed by atoms with Gasteiger partial charge in [0.15, 0.2) is 5.78 Å². The van der Waals surface area contributed by atoms with E-state index in [-0.39, 0.29) is 18.1 Å². The molecule has 0 aliphatic carbocycles. The van der Waals surface area contributed by atoms with Crippen LogP contribution in [0, 0.1) is 24.2 Å². The number of piperidine rings is 1. The first-order chi connectivity index (χ1) is 15.7. The second-order valence-corrected chi connectivity index (χ2v) is 9.23. The predicted molar refractivity (Wildman–Crippen MR) is 125 cm³/mol. The van der Waals surface area contributed by atoms with Crippen molar-refractivity contribution in [3.8, 4) is 11.9 Å². The summed E-state index contributed by atoms with van der Waals surface area (Å²) in [5, 5.41) is 8.90. The minimum Gasteiger partial charge on any atom is -0.356 e. The number of aromatic nitrogens is 3. The van der Waals surface area contributed by atoms with Crippen LogP contribution < -0.4 is 4.90 Å². The minimum absolute atomic E-state index is 0.00216. The molecule has 1 aliphatic heterocycles. The van der Waals surface area contributed by atoms with Gasteiger partial charge in [0.05, 0.1) is 5.56 Å². The van der Waals surface area contributed by atoms with Gasteiger partial charge in [-0.25, -0.2) is 14.4 Å². The normalized spacial score (nSPS) is 14.8. The first-order valence-electron chi connectivity index (χ1n) is 11.2. The summed E-state index contributed by atoms with van der Waals surface area (Å²) < 4.78 is 16.0. The lowest BCUT2D eigenvalue weighted by atomic mass is 9.84. The molecule has 1 aliphatic rings. The van der Waals surface area contributed by atoms with Crippen molar-refractivity contribution in [2.24, 2.45) is 5.92 Å². The van der Waals surface area contributed by atoms with Gasteiger partial charge in [0, 0.05) is 49.9 Å². The number of hydrogen-bond donors (Lipinski definition) is 0. The number of ketones is 1. The van der Waals surface area contributed by atoms with Crippen LogP contribution in [0.2, 0.25) is 0 Å². The number of carbonyl (C=O) groups is 1. The molecule has 170 valence electrons. The summed E-state index contributed by atoms with van der Waals surface area (Å²) in [6, 6.07) is 9.27. The Kier molecular flexibility index (Phi) is 6.28. The summed E-state index contributed by atoms with van der Waals surface area (Å²) in [5.74, 6) is 1.65. The highest BCUT2D eigenvalue weighted by Crippen LogP contribution is 2.33. The van der Waals surface area contributed by atoms with E-state index in [4.69, 9.17) is 5.26 Å². The van der Waals surface area contributed by atoms with Crippen LogP contribution in [0.3, 0.4) is 0 Å². The van der Waals surface area contributed by atoms with Gasteiger partial charge in [0.1, 0.15) is 23.4 Å². The van der Waals surface area contributed by atoms with Crippen molar-refractivity contribution in [3.05, 3.63) is 71.3 Å². The Morgan fingerprint density at radius 1 is 1.21 bits per heavy atom. The highest BCUT2D eigenvalue weighted by atomic mass is 19.1. The van der Waals surface area contributed by atoms with Gasteiger partial charge in [-0.2, -0.15) is 5.26 Å². The average molecular weight is 446 g/mol. The van der Waals surface area contributed by atoms with Gasteiger partial charge >= 0.3 is 0 Å². The van der Waals surface area contributed by atoms with E-state index in [0.717, 1.165) is 42.9 Å². The fourth-order valence-electron chi connectivity index (χ4n) is 4.43. The Morgan fingerprint density at radius 2 is 1.97 bits per heavy atom. The van der Waals surface area contributed by atoms with Gasteiger partial charge in [-0.1, -0.05) is 6.07 Å². The van der Waals surface area contributed by atoms with E-state index in [0.29, 0.717) is 16.9 Å². The van der Waals surface area contributed by atoms with Crippen LogP contribution in [0.25, 0.3) is 5.82 Å². The van der Waals surface area contributed by atoms with Gasteiger partial charge < -0.3 is 9.47 Å². The van der Waals surface area contributed by atoms with E-state index in [2.05, 4.69) is 14.9 Å². The first-order valence-corrected chi connectivity index (χ1v) is 11.2. The number of nitrogens with zero attached hydrogens (tertiary/aromatic N) is 5. The molecule has 4 heterocycles. The molecule has 1 fully saturated rings. The van der Waals surface area contributed by atoms with E-state index in [9.17, 15) is 9.18 Å². The van der Waals surface area contributed by atoms with E-state index in [1.165, 1.54) is 6.20 Å². The van der Waals surface area contributed by atoms with Crippen LogP contribution in [-0.4, -0.2) is 39.1 Å². The smallest absolute Gasteiger partial charge is 0.168 e. The van der Waals surface area contributed by atoms with Gasteiger partial charge in [0.2, 0.25) is 0 Å². The van der Waals surface area contributed by atoms with Crippen molar-refractivity contribution in [1.29, 1.82) is 5.26 Å². The highest BCUT2D eigenvalue weighted by Gasteiger charge is 2.32. The van der Waals surface area contributed by atoms with Gasteiger partial charge in [-0.05, 0) is 68.9 Å². The zero-order valence-electron chi connectivity index (χ0n) is 19.3. The molecule has 0 radical (unpaired) electrons. The van der Waals surface area contributed by atoms with Crippen LogP contribution in [0.4, 0.5) is 10.2 Å². The molecule has 4 rings (SSSR count). The largest absolute Gasteiger partial charge is 0.356 e. The van der Waals surface area contributed by atoms with Gasteiger partial charge in [-0.15, -0.1) is 0 Å². The van der Waals surface area contributed by atoms with Crippen LogP contribution in [0.5, 0.6) is 0 Å². The molecule has 33 heavy (non-hydrogen) atoms. The molecule has 3 aromatic heterocycles. The Balaban J connectivity index is 1.41. The second kappa shape index (κ2) is 9.14. The van der Waals surface area contributed by atoms with Gasteiger partial charge in [0.25, 0.3) is 0 Å². The molecular weight excluding hydrogens is 417 g/mol. The van der Waals surface area contributed by atoms with E-state index >= 15 is 0 Å². The first kappa shape index (κ1) is 22.7. The summed E-state index contributed by atoms with van der Waals surface area (Å²) >= 11 is 0. The fraction of sp³-hybridized carbons (Fsp3) is 0.385. The molecule has 1 saturated heterocycles. The average Bonchev–Trinajstić information content (AvgIpc) is 3.29. The lowest BCUT2D eigenvalue weighted by molar-refractivity contribution is 0.0992. The summed E-state index contributed by atoms with van der Waals surface area (Å²) in [6.45, 7) is 6.92. The quantitative estimate of drug-likeness (QED) is 0.508. The fourth-order valence-corrected chi connectivity index (χ4v) is 4.43. The summed E-state index contributed by atoms with van der Waals surface area (Å²) in [7, 11) is 0. The third kappa shape index (κ3) is 5.11. The molecule has 0 spiro atoms. The van der Waals surface area contributed by atoms with Crippen molar-refractivity contribution in [2.75, 3.05) is 18.0 Å². The monoisotopic (exact) mass is 445 g/mol. The van der Waals surface area contributed by atoms with Gasteiger partial charge in [-0.3, -0.25) is 4.79 Å². The van der Waals surface area contributed by atoms with E-state index in [1.807, 2.05) is 19.1 Å². The third-order valence-corrected chi connectivity index (χ3v) is 6.39. The van der Waals surface area contributed by atoms with Crippen molar-refractivity contribution in [3.63, 3.8) is 0 Å². The topological polar surface area (TPSA) is 74.8 Å². The third-order valence-electron chi connectivity index (χ3n) is 6.39. The standard InChI is InChI=1S/C26H28FN5O/c1-18-12-20(16-30-25(18)31-10-7-22(8-11-31)26(2,3)27)13-23(33)21-6-9-32(17-21)24-5-4-19(14-28)15-29-24/h4-6,9,12,15-17,22H,7-8,10-11,13H2,1-3H3. The molecule has 6 nitrogen and oxygen atoms in total. The number of anilines is 1. The van der Waals surface area contributed by atoms with Crippen molar-refractivity contribution < 1.29 is 9.18 Å². The molecule has 0 amide bonds. The summed E-state index contributed by atoms with van der Waals surface area (Å²) in [6.07, 6.45) is 8.71. The Hall–Kier alpha value is -3.53. The maximum absolute atomic E-state index is 14.2. The summed E-state index contributed by atoms with van der Waals surface area (Å²) in [5.41, 5.74) is 1.83. The summed E-state index contributed by atoms with van der Waals surface area (Å²) in [4.78, 5) is 23.9. The zero-order valence-corrected chi connectivity index (χ0v) is 19.3. The molecule has 0 aromatic carbocycles.